The number of aromatic nitrogens is 2. The van der Waals surface area contributed by atoms with Crippen molar-refractivity contribution in [2.75, 3.05) is 7.11 Å². The molecule has 0 saturated heterocycles. The lowest BCUT2D eigenvalue weighted by Crippen LogP contribution is -2.21. The Bertz CT molecular complexity index is 1770. The SMILES string of the molecule is COC(=O)c1ccc(/C=C2\Oc3c(ccc4c3[C@@H](c3ccc5c(c3)n(C)c(=O)n5C)CC(=O)O4)C2=O)cc1. The number of nitrogens with zero attached hydrogens (tertiary/aromatic N) is 2. The minimum absolute atomic E-state index is 0.0569. The molecule has 3 heterocycles. The second kappa shape index (κ2) is 8.58. The smallest absolute Gasteiger partial charge is 0.337 e. The van der Waals surface area contributed by atoms with Crippen molar-refractivity contribution in [1.82, 2.24) is 9.13 Å². The standard InChI is InChI=1S/C29H22N2O7/c1-30-20-10-8-17(13-21(20)31(2)29(30)35)19-14-24(32)37-22-11-9-18-26(33)23(38-27(18)25(19)22)12-15-4-6-16(7-5-15)28(34)36-3/h4-13,19H,14H2,1-3H3/b23-12-/t19-/m1/s1. The summed E-state index contributed by atoms with van der Waals surface area (Å²) in [6.45, 7) is 0. The number of ketones is 1. The number of fused-ring (bicyclic) bond motifs is 4. The van der Waals surface area contributed by atoms with Crippen molar-refractivity contribution in [3.63, 3.8) is 0 Å². The first-order valence-corrected chi connectivity index (χ1v) is 11.9. The van der Waals surface area contributed by atoms with Gasteiger partial charge in [0.2, 0.25) is 5.78 Å². The third-order valence-corrected chi connectivity index (χ3v) is 7.11. The Morgan fingerprint density at radius 1 is 0.947 bits per heavy atom. The molecule has 0 N–H and O–H groups in total. The van der Waals surface area contributed by atoms with E-state index in [2.05, 4.69) is 0 Å². The summed E-state index contributed by atoms with van der Waals surface area (Å²) in [6, 6.07) is 15.4. The van der Waals surface area contributed by atoms with Crippen LogP contribution in [0.3, 0.4) is 0 Å². The summed E-state index contributed by atoms with van der Waals surface area (Å²) in [6.07, 6.45) is 1.66. The molecule has 0 fully saturated rings. The summed E-state index contributed by atoms with van der Waals surface area (Å²) in [5, 5.41) is 0. The summed E-state index contributed by atoms with van der Waals surface area (Å²) in [5.41, 5.74) is 4.20. The molecule has 190 valence electrons. The fraction of sp³-hybridized carbons (Fsp3) is 0.172. The molecule has 0 saturated carbocycles. The van der Waals surface area contributed by atoms with Crippen molar-refractivity contribution in [1.29, 1.82) is 0 Å². The van der Waals surface area contributed by atoms with Gasteiger partial charge in [0, 0.05) is 25.6 Å². The van der Waals surface area contributed by atoms with Gasteiger partial charge in [-0.15, -0.1) is 0 Å². The van der Waals surface area contributed by atoms with E-state index in [0.717, 1.165) is 16.6 Å². The van der Waals surface area contributed by atoms with Crippen LogP contribution in [-0.4, -0.2) is 34.0 Å². The second-order valence-electron chi connectivity index (χ2n) is 9.29. The van der Waals surface area contributed by atoms with Gasteiger partial charge in [-0.3, -0.25) is 18.7 Å². The van der Waals surface area contributed by atoms with E-state index in [1.807, 2.05) is 18.2 Å². The predicted octanol–water partition coefficient (Wildman–Crippen LogP) is 3.72. The molecule has 9 nitrogen and oxygen atoms in total. The summed E-state index contributed by atoms with van der Waals surface area (Å²) in [4.78, 5) is 49.9. The minimum Gasteiger partial charge on any atom is -0.465 e. The average Bonchev–Trinajstić information content (AvgIpc) is 3.35. The fourth-order valence-corrected chi connectivity index (χ4v) is 5.12. The van der Waals surface area contributed by atoms with Gasteiger partial charge in [0.15, 0.2) is 5.76 Å². The summed E-state index contributed by atoms with van der Waals surface area (Å²) in [5.74, 6) is -0.770. The van der Waals surface area contributed by atoms with Crippen molar-refractivity contribution in [2.45, 2.75) is 12.3 Å². The van der Waals surface area contributed by atoms with E-state index in [1.165, 1.54) is 7.11 Å². The molecule has 38 heavy (non-hydrogen) atoms. The summed E-state index contributed by atoms with van der Waals surface area (Å²) < 4.78 is 19.5. The van der Waals surface area contributed by atoms with Gasteiger partial charge < -0.3 is 14.2 Å². The van der Waals surface area contributed by atoms with Crippen LogP contribution >= 0.6 is 0 Å². The first kappa shape index (κ1) is 23.5. The number of carbonyl (C=O) groups is 3. The summed E-state index contributed by atoms with van der Waals surface area (Å²) in [7, 11) is 4.72. The molecule has 1 atom stereocenters. The number of Topliss-reactive ketones (excluding diaryl/α,β-unsaturated/α-hetero) is 1. The zero-order valence-corrected chi connectivity index (χ0v) is 20.8. The molecule has 6 rings (SSSR count). The molecule has 0 aliphatic carbocycles. The zero-order chi connectivity index (χ0) is 26.7. The van der Waals surface area contributed by atoms with Gasteiger partial charge in [-0.25, -0.2) is 9.59 Å². The molecule has 0 bridgehead atoms. The highest BCUT2D eigenvalue weighted by Gasteiger charge is 2.38. The molecule has 0 spiro atoms. The molecule has 3 aromatic carbocycles. The third kappa shape index (κ3) is 3.54. The molecule has 0 radical (unpaired) electrons. The number of rotatable bonds is 3. The number of carbonyl (C=O) groups excluding carboxylic acids is 3. The van der Waals surface area contributed by atoms with Crippen LogP contribution in [0.2, 0.25) is 0 Å². The van der Waals surface area contributed by atoms with Gasteiger partial charge >= 0.3 is 17.6 Å². The van der Waals surface area contributed by atoms with E-state index in [1.54, 1.807) is 65.7 Å². The molecule has 0 unspecified atom stereocenters. The molecule has 2 aliphatic heterocycles. The molecule has 2 aliphatic rings. The van der Waals surface area contributed by atoms with Crippen molar-refractivity contribution in [3.8, 4) is 11.5 Å². The summed E-state index contributed by atoms with van der Waals surface area (Å²) >= 11 is 0. The Morgan fingerprint density at radius 3 is 2.42 bits per heavy atom. The lowest BCUT2D eigenvalue weighted by molar-refractivity contribution is -0.135. The molecule has 9 heteroatoms. The van der Waals surface area contributed by atoms with Gasteiger partial charge in [-0.2, -0.15) is 0 Å². The lowest BCUT2D eigenvalue weighted by Gasteiger charge is -2.26. The lowest BCUT2D eigenvalue weighted by atomic mass is 9.84. The maximum atomic E-state index is 13.3. The van der Waals surface area contributed by atoms with E-state index < -0.39 is 17.9 Å². The number of esters is 2. The number of aryl methyl sites for hydroxylation is 2. The van der Waals surface area contributed by atoms with Crippen LogP contribution in [-0.2, 0) is 23.6 Å². The number of imidazole rings is 1. The van der Waals surface area contributed by atoms with Crippen LogP contribution in [0.25, 0.3) is 17.1 Å². The number of allylic oxidation sites excluding steroid dienone is 1. The van der Waals surface area contributed by atoms with Gasteiger partial charge in [-0.05, 0) is 53.6 Å². The third-order valence-electron chi connectivity index (χ3n) is 7.11. The predicted molar refractivity (Wildman–Crippen MR) is 137 cm³/mol. The van der Waals surface area contributed by atoms with Crippen LogP contribution in [0.4, 0.5) is 0 Å². The van der Waals surface area contributed by atoms with Crippen molar-refractivity contribution >= 4 is 34.8 Å². The Hall–Kier alpha value is -4.92. The first-order valence-electron chi connectivity index (χ1n) is 11.9. The Labute approximate surface area is 216 Å². The van der Waals surface area contributed by atoms with Gasteiger partial charge in [0.25, 0.3) is 0 Å². The highest BCUT2D eigenvalue weighted by Crippen LogP contribution is 2.49. The zero-order valence-electron chi connectivity index (χ0n) is 20.8. The van der Waals surface area contributed by atoms with Crippen LogP contribution < -0.4 is 15.2 Å². The topological polar surface area (TPSA) is 106 Å². The van der Waals surface area contributed by atoms with E-state index >= 15 is 0 Å². The average molecular weight is 511 g/mol. The fourth-order valence-electron chi connectivity index (χ4n) is 5.12. The minimum atomic E-state index is -0.453. The highest BCUT2D eigenvalue weighted by atomic mass is 16.5. The Balaban J connectivity index is 1.42. The van der Waals surface area contributed by atoms with Gasteiger partial charge in [-0.1, -0.05) is 18.2 Å². The Kier molecular flexibility index (Phi) is 5.30. The van der Waals surface area contributed by atoms with E-state index in [-0.39, 0.29) is 23.7 Å². The van der Waals surface area contributed by atoms with Crippen molar-refractivity contribution in [3.05, 3.63) is 98.7 Å². The largest absolute Gasteiger partial charge is 0.465 e. The number of hydrogen-bond acceptors (Lipinski definition) is 7. The molecule has 0 amide bonds. The van der Waals surface area contributed by atoms with Crippen LogP contribution in [0.5, 0.6) is 11.5 Å². The first-order chi connectivity index (χ1) is 18.3. The van der Waals surface area contributed by atoms with Crippen LogP contribution in [0.15, 0.2) is 65.2 Å². The van der Waals surface area contributed by atoms with E-state index in [4.69, 9.17) is 14.2 Å². The van der Waals surface area contributed by atoms with Gasteiger partial charge in [0.05, 0.1) is 35.7 Å². The normalized spacial score (nSPS) is 17.2. The number of benzene rings is 3. The number of ether oxygens (including phenoxy) is 3. The Morgan fingerprint density at radius 2 is 1.68 bits per heavy atom. The van der Waals surface area contributed by atoms with E-state index in [0.29, 0.717) is 33.8 Å². The van der Waals surface area contributed by atoms with Crippen LogP contribution in [0, 0.1) is 0 Å². The number of hydrogen-bond donors (Lipinski definition) is 0. The molecular weight excluding hydrogens is 488 g/mol. The molecular formula is C29H22N2O7. The quantitative estimate of drug-likeness (QED) is 0.235. The number of methoxy groups -OCH3 is 1. The molecule has 4 aromatic rings. The molecule has 1 aromatic heterocycles. The maximum absolute atomic E-state index is 13.3. The maximum Gasteiger partial charge on any atom is 0.337 e. The second-order valence-corrected chi connectivity index (χ2v) is 9.29. The van der Waals surface area contributed by atoms with E-state index in [9.17, 15) is 19.2 Å². The van der Waals surface area contributed by atoms with Gasteiger partial charge in [0.1, 0.15) is 11.5 Å². The van der Waals surface area contributed by atoms with Crippen molar-refractivity contribution in [2.24, 2.45) is 14.1 Å². The monoisotopic (exact) mass is 510 g/mol. The highest BCUT2D eigenvalue weighted by molar-refractivity contribution is 6.15. The van der Waals surface area contributed by atoms with Crippen molar-refractivity contribution < 1.29 is 28.6 Å². The van der Waals surface area contributed by atoms with Crippen LogP contribution in [0.1, 0.15) is 49.7 Å².